The van der Waals surface area contributed by atoms with Crippen molar-refractivity contribution in [3.05, 3.63) is 59.2 Å². The standard InChI is InChI=1S/C23H29FN6O2/c1-14-8-17(10-28-9-16-5-3-4-15(2)21(16)24)30(13-14)20(31)12-29-19-11-27-7-6-18(19)22(25)23(26)32/h3-7,11,14,17,25,28-29H,8-10,12-13H2,1-2H3,(H2,26,32). The fourth-order valence-electron chi connectivity index (χ4n) is 4.03. The molecule has 2 amide bonds. The van der Waals surface area contributed by atoms with Crippen LogP contribution in [-0.4, -0.2) is 53.1 Å². The van der Waals surface area contributed by atoms with Gasteiger partial charge in [-0.1, -0.05) is 25.1 Å². The number of aromatic nitrogens is 1. The van der Waals surface area contributed by atoms with Crippen LogP contribution in [0.15, 0.2) is 36.7 Å². The van der Waals surface area contributed by atoms with E-state index in [-0.39, 0.29) is 30.0 Å². The molecule has 5 N–H and O–H groups in total. The molecule has 2 heterocycles. The summed E-state index contributed by atoms with van der Waals surface area (Å²) in [5, 5.41) is 14.1. The van der Waals surface area contributed by atoms with Gasteiger partial charge in [-0.3, -0.25) is 20.0 Å². The number of hydrogen-bond donors (Lipinski definition) is 4. The highest BCUT2D eigenvalue weighted by molar-refractivity contribution is 6.44. The van der Waals surface area contributed by atoms with Crippen LogP contribution < -0.4 is 16.4 Å². The molecule has 1 aliphatic heterocycles. The van der Waals surface area contributed by atoms with Gasteiger partial charge in [0, 0.05) is 43.0 Å². The monoisotopic (exact) mass is 440 g/mol. The first-order valence-electron chi connectivity index (χ1n) is 10.6. The molecular formula is C23H29FN6O2. The van der Waals surface area contributed by atoms with E-state index in [9.17, 15) is 14.0 Å². The molecule has 0 saturated carbocycles. The Kier molecular flexibility index (Phi) is 7.53. The molecule has 0 spiro atoms. The fourth-order valence-corrected chi connectivity index (χ4v) is 4.03. The van der Waals surface area contributed by atoms with E-state index in [4.69, 9.17) is 11.1 Å². The number of benzene rings is 1. The van der Waals surface area contributed by atoms with Crippen LogP contribution in [0.3, 0.4) is 0 Å². The van der Waals surface area contributed by atoms with E-state index in [1.165, 1.54) is 18.5 Å². The van der Waals surface area contributed by atoms with Crippen LogP contribution >= 0.6 is 0 Å². The Morgan fingerprint density at radius 2 is 2.12 bits per heavy atom. The van der Waals surface area contributed by atoms with Gasteiger partial charge in [0.15, 0.2) is 0 Å². The van der Waals surface area contributed by atoms with Gasteiger partial charge >= 0.3 is 0 Å². The van der Waals surface area contributed by atoms with Gasteiger partial charge in [0.25, 0.3) is 5.91 Å². The number of nitrogens with two attached hydrogens (primary N) is 1. The highest BCUT2D eigenvalue weighted by Crippen LogP contribution is 2.23. The van der Waals surface area contributed by atoms with E-state index in [1.807, 2.05) is 11.0 Å². The molecule has 170 valence electrons. The minimum atomic E-state index is -0.852. The lowest BCUT2D eigenvalue weighted by molar-refractivity contribution is -0.130. The Bertz CT molecular complexity index is 1010. The maximum atomic E-state index is 14.2. The van der Waals surface area contributed by atoms with Crippen molar-refractivity contribution < 1.29 is 14.0 Å². The number of likely N-dealkylation sites (tertiary alicyclic amines) is 1. The number of primary amides is 1. The van der Waals surface area contributed by atoms with Gasteiger partial charge in [0.05, 0.1) is 18.4 Å². The summed E-state index contributed by atoms with van der Waals surface area (Å²) in [6, 6.07) is 6.84. The van der Waals surface area contributed by atoms with Gasteiger partial charge in [-0.15, -0.1) is 0 Å². The largest absolute Gasteiger partial charge is 0.374 e. The van der Waals surface area contributed by atoms with Gasteiger partial charge in [-0.05, 0) is 30.9 Å². The fraction of sp³-hybridized carbons (Fsp3) is 0.391. The number of hydrogen-bond acceptors (Lipinski definition) is 6. The summed E-state index contributed by atoms with van der Waals surface area (Å²) in [6.07, 6.45) is 3.78. The zero-order valence-electron chi connectivity index (χ0n) is 18.3. The number of amides is 2. The van der Waals surface area contributed by atoms with E-state index in [1.54, 1.807) is 19.1 Å². The maximum Gasteiger partial charge on any atom is 0.267 e. The Balaban J connectivity index is 1.59. The molecule has 2 aromatic rings. The van der Waals surface area contributed by atoms with Crippen LogP contribution in [-0.2, 0) is 16.1 Å². The van der Waals surface area contributed by atoms with Gasteiger partial charge < -0.3 is 21.3 Å². The first kappa shape index (κ1) is 23.3. The highest BCUT2D eigenvalue weighted by atomic mass is 19.1. The quantitative estimate of drug-likeness (QED) is 0.443. The molecular weight excluding hydrogens is 411 g/mol. The van der Waals surface area contributed by atoms with E-state index in [0.717, 1.165) is 6.42 Å². The predicted octanol–water partition coefficient (Wildman–Crippen LogP) is 1.82. The number of carbonyl (C=O) groups is 2. The summed E-state index contributed by atoms with van der Waals surface area (Å²) in [5.41, 5.74) is 6.79. The Morgan fingerprint density at radius 1 is 1.34 bits per heavy atom. The lowest BCUT2D eigenvalue weighted by Crippen LogP contribution is -2.44. The molecule has 2 unspecified atom stereocenters. The molecule has 1 aromatic carbocycles. The molecule has 0 aliphatic carbocycles. The number of anilines is 1. The first-order valence-corrected chi connectivity index (χ1v) is 10.6. The predicted molar refractivity (Wildman–Crippen MR) is 121 cm³/mol. The molecule has 0 radical (unpaired) electrons. The summed E-state index contributed by atoms with van der Waals surface area (Å²) in [4.78, 5) is 30.1. The molecule has 8 nitrogen and oxygen atoms in total. The van der Waals surface area contributed by atoms with Crippen molar-refractivity contribution in [2.24, 2.45) is 11.7 Å². The van der Waals surface area contributed by atoms with Gasteiger partial charge in [0.1, 0.15) is 11.5 Å². The molecule has 9 heteroatoms. The van der Waals surface area contributed by atoms with Crippen molar-refractivity contribution in [2.75, 3.05) is 25.0 Å². The maximum absolute atomic E-state index is 14.2. The number of halogens is 1. The minimum absolute atomic E-state index is 0.000460. The van der Waals surface area contributed by atoms with E-state index in [0.29, 0.717) is 47.9 Å². The summed E-state index contributed by atoms with van der Waals surface area (Å²) in [7, 11) is 0. The SMILES string of the molecule is Cc1cccc(CNCC2CC(C)CN2C(=O)CNc2cnccc2C(=N)C(N)=O)c1F. The van der Waals surface area contributed by atoms with Crippen molar-refractivity contribution in [1.29, 1.82) is 5.41 Å². The summed E-state index contributed by atoms with van der Waals surface area (Å²) in [5.74, 6) is -0.789. The van der Waals surface area contributed by atoms with E-state index in [2.05, 4.69) is 22.5 Å². The third-order valence-electron chi connectivity index (χ3n) is 5.68. The van der Waals surface area contributed by atoms with Crippen molar-refractivity contribution in [3.63, 3.8) is 0 Å². The second-order valence-electron chi connectivity index (χ2n) is 8.23. The summed E-state index contributed by atoms with van der Waals surface area (Å²) < 4.78 is 14.2. The number of pyridine rings is 1. The lowest BCUT2D eigenvalue weighted by Gasteiger charge is -2.25. The van der Waals surface area contributed by atoms with Crippen molar-refractivity contribution >= 4 is 23.2 Å². The summed E-state index contributed by atoms with van der Waals surface area (Å²) in [6.45, 7) is 5.44. The smallest absolute Gasteiger partial charge is 0.267 e. The lowest BCUT2D eigenvalue weighted by atomic mass is 10.1. The molecule has 1 aromatic heterocycles. The molecule has 1 fully saturated rings. The average molecular weight is 441 g/mol. The van der Waals surface area contributed by atoms with Gasteiger partial charge in [0.2, 0.25) is 5.91 Å². The van der Waals surface area contributed by atoms with E-state index < -0.39 is 5.91 Å². The number of nitrogens with one attached hydrogen (secondary N) is 3. The topological polar surface area (TPSA) is 124 Å². The third kappa shape index (κ3) is 5.47. The normalized spacial score (nSPS) is 17.9. The second kappa shape index (κ2) is 10.3. The molecule has 3 rings (SSSR count). The van der Waals surface area contributed by atoms with Crippen LogP contribution in [0.4, 0.5) is 10.1 Å². The Hall–Kier alpha value is -3.33. The van der Waals surface area contributed by atoms with Crippen molar-refractivity contribution in [3.8, 4) is 0 Å². The molecule has 2 atom stereocenters. The molecule has 0 bridgehead atoms. The molecule has 32 heavy (non-hydrogen) atoms. The van der Waals surface area contributed by atoms with Crippen LogP contribution in [0.5, 0.6) is 0 Å². The zero-order valence-corrected chi connectivity index (χ0v) is 18.3. The number of carbonyl (C=O) groups excluding carboxylic acids is 2. The van der Waals surface area contributed by atoms with E-state index >= 15 is 0 Å². The average Bonchev–Trinajstić information content (AvgIpc) is 3.15. The van der Waals surface area contributed by atoms with Crippen LogP contribution in [0.25, 0.3) is 0 Å². The molecule has 1 aliphatic rings. The first-order chi connectivity index (χ1) is 15.3. The van der Waals surface area contributed by atoms with Crippen molar-refractivity contribution in [1.82, 2.24) is 15.2 Å². The van der Waals surface area contributed by atoms with Crippen LogP contribution in [0.2, 0.25) is 0 Å². The second-order valence-corrected chi connectivity index (χ2v) is 8.23. The van der Waals surface area contributed by atoms with Gasteiger partial charge in [-0.25, -0.2) is 4.39 Å². The Labute approximate surface area is 186 Å². The number of nitrogens with zero attached hydrogens (tertiary/aromatic N) is 2. The van der Waals surface area contributed by atoms with Gasteiger partial charge in [-0.2, -0.15) is 0 Å². The minimum Gasteiger partial charge on any atom is -0.374 e. The number of rotatable bonds is 9. The summed E-state index contributed by atoms with van der Waals surface area (Å²) >= 11 is 0. The van der Waals surface area contributed by atoms with Crippen molar-refractivity contribution in [2.45, 2.75) is 32.9 Å². The highest BCUT2D eigenvalue weighted by Gasteiger charge is 2.32. The number of aryl methyl sites for hydroxylation is 1. The van der Waals surface area contributed by atoms with Crippen LogP contribution in [0, 0.1) is 24.1 Å². The van der Waals surface area contributed by atoms with Crippen LogP contribution in [0.1, 0.15) is 30.0 Å². The Morgan fingerprint density at radius 3 is 2.88 bits per heavy atom. The zero-order chi connectivity index (χ0) is 23.3. The molecule has 1 saturated heterocycles. The third-order valence-corrected chi connectivity index (χ3v) is 5.68.